The summed E-state index contributed by atoms with van der Waals surface area (Å²) in [6, 6.07) is 7.07. The van der Waals surface area contributed by atoms with Crippen LogP contribution in [0, 0.1) is 12.7 Å². The standard InChI is InChI=1S/C14H17FN2S/c1-10-9-18-14(17-10)8-13(16-2)7-11-4-3-5-12(15)6-11/h3-6,9,13,16H,7-8H2,1-2H3. The molecule has 0 bridgehead atoms. The zero-order chi connectivity index (χ0) is 13.0. The van der Waals surface area contributed by atoms with E-state index in [9.17, 15) is 4.39 Å². The second-order valence-electron chi connectivity index (χ2n) is 4.41. The highest BCUT2D eigenvalue weighted by atomic mass is 32.1. The molecular weight excluding hydrogens is 247 g/mol. The van der Waals surface area contributed by atoms with Crippen LogP contribution in [0.4, 0.5) is 4.39 Å². The Labute approximate surface area is 111 Å². The molecule has 96 valence electrons. The number of aromatic nitrogens is 1. The van der Waals surface area contributed by atoms with Crippen LogP contribution >= 0.6 is 11.3 Å². The summed E-state index contributed by atoms with van der Waals surface area (Å²) in [5.74, 6) is -0.174. The zero-order valence-electron chi connectivity index (χ0n) is 10.6. The smallest absolute Gasteiger partial charge is 0.123 e. The van der Waals surface area contributed by atoms with E-state index in [2.05, 4.69) is 15.7 Å². The predicted molar refractivity (Wildman–Crippen MR) is 73.5 cm³/mol. The average molecular weight is 264 g/mol. The van der Waals surface area contributed by atoms with E-state index in [1.165, 1.54) is 6.07 Å². The first kappa shape index (κ1) is 13.2. The molecule has 2 nitrogen and oxygen atoms in total. The fraction of sp³-hybridized carbons (Fsp3) is 0.357. The van der Waals surface area contributed by atoms with E-state index in [0.29, 0.717) is 0 Å². The monoisotopic (exact) mass is 264 g/mol. The molecule has 18 heavy (non-hydrogen) atoms. The van der Waals surface area contributed by atoms with Gasteiger partial charge in [-0.3, -0.25) is 0 Å². The van der Waals surface area contributed by atoms with Crippen LogP contribution in [0.1, 0.15) is 16.3 Å². The maximum Gasteiger partial charge on any atom is 0.123 e. The summed E-state index contributed by atoms with van der Waals surface area (Å²) in [6.07, 6.45) is 1.69. The fourth-order valence-corrected chi connectivity index (χ4v) is 2.79. The van der Waals surface area contributed by atoms with Gasteiger partial charge in [-0.15, -0.1) is 11.3 Å². The van der Waals surface area contributed by atoms with E-state index in [1.54, 1.807) is 23.5 Å². The quantitative estimate of drug-likeness (QED) is 0.898. The predicted octanol–water partition coefficient (Wildman–Crippen LogP) is 2.96. The molecule has 0 aliphatic rings. The summed E-state index contributed by atoms with van der Waals surface area (Å²) in [7, 11) is 1.93. The van der Waals surface area contributed by atoms with Crippen molar-refractivity contribution >= 4 is 11.3 Å². The Hall–Kier alpha value is -1.26. The summed E-state index contributed by atoms with van der Waals surface area (Å²) in [5, 5.41) is 6.46. The highest BCUT2D eigenvalue weighted by Gasteiger charge is 2.11. The molecular formula is C14H17FN2S. The lowest BCUT2D eigenvalue weighted by atomic mass is 10.0. The molecule has 0 radical (unpaired) electrons. The molecule has 1 heterocycles. The van der Waals surface area contributed by atoms with Gasteiger partial charge in [0.2, 0.25) is 0 Å². The van der Waals surface area contributed by atoms with Crippen LogP contribution < -0.4 is 5.32 Å². The lowest BCUT2D eigenvalue weighted by Crippen LogP contribution is -2.29. The molecule has 1 aromatic heterocycles. The average Bonchev–Trinajstić information content (AvgIpc) is 2.74. The number of nitrogens with zero attached hydrogens (tertiary/aromatic N) is 1. The van der Waals surface area contributed by atoms with Gasteiger partial charge in [-0.25, -0.2) is 9.37 Å². The molecule has 1 N–H and O–H groups in total. The highest BCUT2D eigenvalue weighted by Crippen LogP contribution is 2.14. The maximum atomic E-state index is 13.1. The summed E-state index contributed by atoms with van der Waals surface area (Å²) in [6.45, 7) is 2.00. The molecule has 1 unspecified atom stereocenters. The Bertz CT molecular complexity index is 510. The minimum atomic E-state index is -0.174. The van der Waals surface area contributed by atoms with Gasteiger partial charge in [0, 0.05) is 23.5 Å². The van der Waals surface area contributed by atoms with Crippen LogP contribution in [-0.2, 0) is 12.8 Å². The van der Waals surface area contributed by atoms with Crippen LogP contribution in [0.2, 0.25) is 0 Å². The molecule has 2 rings (SSSR count). The number of benzene rings is 1. The number of nitrogens with one attached hydrogen (secondary N) is 1. The van der Waals surface area contributed by atoms with E-state index in [1.807, 2.05) is 20.0 Å². The van der Waals surface area contributed by atoms with E-state index >= 15 is 0 Å². The van der Waals surface area contributed by atoms with Crippen LogP contribution in [0.5, 0.6) is 0 Å². The largest absolute Gasteiger partial charge is 0.316 e. The minimum Gasteiger partial charge on any atom is -0.316 e. The topological polar surface area (TPSA) is 24.9 Å². The van der Waals surface area contributed by atoms with E-state index < -0.39 is 0 Å². The first-order valence-corrected chi connectivity index (χ1v) is 6.88. The summed E-state index contributed by atoms with van der Waals surface area (Å²) < 4.78 is 13.1. The van der Waals surface area contributed by atoms with Gasteiger partial charge in [0.15, 0.2) is 0 Å². The molecule has 0 aliphatic heterocycles. The van der Waals surface area contributed by atoms with Gasteiger partial charge >= 0.3 is 0 Å². The van der Waals surface area contributed by atoms with Gasteiger partial charge in [0.25, 0.3) is 0 Å². The number of likely N-dealkylation sites (N-methyl/N-ethyl adjacent to an activating group) is 1. The van der Waals surface area contributed by atoms with Crippen molar-refractivity contribution in [1.82, 2.24) is 10.3 Å². The number of hydrogen-bond acceptors (Lipinski definition) is 3. The normalized spacial score (nSPS) is 12.6. The van der Waals surface area contributed by atoms with Crippen molar-refractivity contribution in [3.05, 3.63) is 51.7 Å². The number of rotatable bonds is 5. The van der Waals surface area contributed by atoms with Crippen LogP contribution in [0.15, 0.2) is 29.6 Å². The highest BCUT2D eigenvalue weighted by molar-refractivity contribution is 7.09. The molecule has 4 heteroatoms. The summed E-state index contributed by atoms with van der Waals surface area (Å²) in [4.78, 5) is 4.46. The van der Waals surface area contributed by atoms with Gasteiger partial charge in [-0.2, -0.15) is 0 Å². The molecule has 0 saturated heterocycles. The number of thiazole rings is 1. The van der Waals surface area contributed by atoms with Gasteiger partial charge in [0.1, 0.15) is 5.82 Å². The van der Waals surface area contributed by atoms with E-state index in [4.69, 9.17) is 0 Å². The minimum absolute atomic E-state index is 0.174. The van der Waals surface area contributed by atoms with E-state index in [0.717, 1.165) is 29.1 Å². The Kier molecular flexibility index (Phi) is 4.44. The third-order valence-electron chi connectivity index (χ3n) is 2.87. The Morgan fingerprint density at radius 1 is 1.39 bits per heavy atom. The van der Waals surface area contributed by atoms with Crippen LogP contribution in [0.3, 0.4) is 0 Å². The van der Waals surface area contributed by atoms with Crippen molar-refractivity contribution in [3.63, 3.8) is 0 Å². The second kappa shape index (κ2) is 6.07. The molecule has 2 aromatic rings. The number of hydrogen-bond donors (Lipinski definition) is 1. The molecule has 0 fully saturated rings. The number of halogens is 1. The van der Waals surface area contributed by atoms with Crippen LogP contribution in [-0.4, -0.2) is 18.1 Å². The first-order chi connectivity index (χ1) is 8.67. The first-order valence-electron chi connectivity index (χ1n) is 6.00. The van der Waals surface area contributed by atoms with E-state index in [-0.39, 0.29) is 11.9 Å². The van der Waals surface area contributed by atoms with Gasteiger partial charge in [-0.1, -0.05) is 12.1 Å². The maximum absolute atomic E-state index is 13.1. The molecule has 0 amide bonds. The Morgan fingerprint density at radius 3 is 2.83 bits per heavy atom. The third-order valence-corrected chi connectivity index (χ3v) is 3.86. The lowest BCUT2D eigenvalue weighted by molar-refractivity contribution is 0.551. The van der Waals surface area contributed by atoms with Crippen molar-refractivity contribution in [2.75, 3.05) is 7.05 Å². The fourth-order valence-electron chi connectivity index (χ4n) is 1.93. The Morgan fingerprint density at radius 2 is 2.22 bits per heavy atom. The summed E-state index contributed by atoms with van der Waals surface area (Å²) >= 11 is 1.68. The number of aryl methyl sites for hydroxylation is 1. The van der Waals surface area contributed by atoms with Crippen LogP contribution in [0.25, 0.3) is 0 Å². The molecule has 1 aromatic carbocycles. The molecule has 1 atom stereocenters. The van der Waals surface area contributed by atoms with Gasteiger partial charge < -0.3 is 5.32 Å². The molecule has 0 spiro atoms. The van der Waals surface area contributed by atoms with Crippen molar-refractivity contribution in [2.24, 2.45) is 0 Å². The molecule has 0 saturated carbocycles. The third kappa shape index (κ3) is 3.62. The SMILES string of the molecule is CNC(Cc1cccc(F)c1)Cc1nc(C)cs1. The van der Waals surface area contributed by atoms with Crippen molar-refractivity contribution in [3.8, 4) is 0 Å². The van der Waals surface area contributed by atoms with Crippen molar-refractivity contribution < 1.29 is 4.39 Å². The Balaban J connectivity index is 2.01. The molecule has 0 aliphatic carbocycles. The lowest BCUT2D eigenvalue weighted by Gasteiger charge is -2.14. The second-order valence-corrected chi connectivity index (χ2v) is 5.35. The van der Waals surface area contributed by atoms with Crippen molar-refractivity contribution in [1.29, 1.82) is 0 Å². The summed E-state index contributed by atoms with van der Waals surface area (Å²) in [5.41, 5.74) is 2.08. The van der Waals surface area contributed by atoms with Gasteiger partial charge in [-0.05, 0) is 38.1 Å². The zero-order valence-corrected chi connectivity index (χ0v) is 11.4. The van der Waals surface area contributed by atoms with Crippen molar-refractivity contribution in [2.45, 2.75) is 25.8 Å². The van der Waals surface area contributed by atoms with Gasteiger partial charge in [0.05, 0.1) is 5.01 Å².